The number of nitrogens with zero attached hydrogens (tertiary/aromatic N) is 1. The van der Waals surface area contributed by atoms with Gasteiger partial charge in [0.05, 0.1) is 10.5 Å². The highest BCUT2D eigenvalue weighted by molar-refractivity contribution is 5.96. The summed E-state index contributed by atoms with van der Waals surface area (Å²) in [4.78, 5) is 33.2. The average molecular weight is 261 g/mol. The minimum absolute atomic E-state index is 0.0303. The van der Waals surface area contributed by atoms with Crippen molar-refractivity contribution in [1.29, 1.82) is 0 Å². The maximum atomic E-state index is 11.6. The van der Waals surface area contributed by atoms with Gasteiger partial charge in [-0.05, 0) is 12.5 Å². The Morgan fingerprint density at radius 2 is 2.05 bits per heavy atom. The summed E-state index contributed by atoms with van der Waals surface area (Å²) in [5, 5.41) is 20.5. The van der Waals surface area contributed by atoms with Gasteiger partial charge in [-0.25, -0.2) is 0 Å². The number of aliphatic carboxylic acids is 1. The fourth-order valence-electron chi connectivity index (χ4n) is 2.25. The molecule has 0 aliphatic heterocycles. The number of allylic oxidation sites excluding steroid dienone is 1. The van der Waals surface area contributed by atoms with Crippen LogP contribution in [0.3, 0.4) is 0 Å². The Labute approximate surface area is 108 Å². The van der Waals surface area contributed by atoms with Crippen LogP contribution in [0.5, 0.6) is 0 Å². The molecule has 0 heterocycles. The molecule has 0 fully saturated rings. The maximum absolute atomic E-state index is 11.6. The lowest BCUT2D eigenvalue weighted by atomic mass is 9.72. The first-order valence-corrected chi connectivity index (χ1v) is 5.67. The molecule has 1 aromatic rings. The average Bonchev–Trinajstić information content (AvgIpc) is 2.39. The molecule has 2 rings (SSSR count). The molecule has 1 aliphatic rings. The third-order valence-corrected chi connectivity index (χ3v) is 3.28. The van der Waals surface area contributed by atoms with Crippen LogP contribution in [0, 0.1) is 10.1 Å². The number of carboxylic acids is 1. The fraction of sp³-hybridized carbons (Fsp3) is 0.231. The monoisotopic (exact) mass is 261 g/mol. The van der Waals surface area contributed by atoms with Crippen molar-refractivity contribution >= 4 is 17.4 Å². The summed E-state index contributed by atoms with van der Waals surface area (Å²) in [5.74, 6) is -1.36. The molecule has 6 heteroatoms. The van der Waals surface area contributed by atoms with Gasteiger partial charge in [-0.15, -0.1) is 0 Å². The van der Waals surface area contributed by atoms with Crippen LogP contribution < -0.4 is 0 Å². The number of ketones is 1. The summed E-state index contributed by atoms with van der Waals surface area (Å²) in [5.41, 5.74) is -1.64. The van der Waals surface area contributed by atoms with Crippen LogP contribution >= 0.6 is 0 Å². The van der Waals surface area contributed by atoms with E-state index in [0.717, 1.165) is 0 Å². The smallest absolute Gasteiger partial charge is 0.318 e. The van der Waals surface area contributed by atoms with E-state index in [4.69, 9.17) is 0 Å². The molecule has 1 atom stereocenters. The van der Waals surface area contributed by atoms with Gasteiger partial charge in [-0.2, -0.15) is 0 Å². The lowest BCUT2D eigenvalue weighted by Gasteiger charge is -2.28. The lowest BCUT2D eigenvalue weighted by molar-refractivity contribution is -0.385. The van der Waals surface area contributed by atoms with Crippen molar-refractivity contribution < 1.29 is 19.6 Å². The van der Waals surface area contributed by atoms with Gasteiger partial charge in [0.2, 0.25) is 0 Å². The molecular formula is C13H11NO5. The van der Waals surface area contributed by atoms with Crippen LogP contribution in [-0.2, 0) is 15.0 Å². The number of rotatable bonds is 3. The number of hydrogen-bond donors (Lipinski definition) is 1. The highest BCUT2D eigenvalue weighted by Crippen LogP contribution is 2.39. The molecule has 0 bridgehead atoms. The Balaban J connectivity index is 2.65. The van der Waals surface area contributed by atoms with E-state index in [9.17, 15) is 24.8 Å². The Kier molecular flexibility index (Phi) is 3.16. The van der Waals surface area contributed by atoms with Gasteiger partial charge in [0.15, 0.2) is 5.78 Å². The van der Waals surface area contributed by atoms with E-state index in [1.165, 1.54) is 30.4 Å². The Hall–Kier alpha value is -2.50. The molecule has 0 aromatic heterocycles. The second-order valence-electron chi connectivity index (χ2n) is 4.35. The number of benzene rings is 1. The number of carbonyl (C=O) groups excluding carboxylic acids is 1. The van der Waals surface area contributed by atoms with Crippen molar-refractivity contribution in [3.8, 4) is 0 Å². The Morgan fingerprint density at radius 3 is 2.58 bits per heavy atom. The van der Waals surface area contributed by atoms with Gasteiger partial charge >= 0.3 is 5.97 Å². The SMILES string of the molecule is O=C1C=CC(C(=O)O)(c2ccccc2[N+](=O)[O-])CC1. The topological polar surface area (TPSA) is 97.5 Å². The molecule has 0 saturated carbocycles. The van der Waals surface area contributed by atoms with E-state index in [2.05, 4.69) is 0 Å². The van der Waals surface area contributed by atoms with E-state index in [-0.39, 0.29) is 29.9 Å². The van der Waals surface area contributed by atoms with E-state index in [0.29, 0.717) is 0 Å². The minimum Gasteiger partial charge on any atom is -0.480 e. The molecule has 0 radical (unpaired) electrons. The predicted molar refractivity (Wildman–Crippen MR) is 65.8 cm³/mol. The van der Waals surface area contributed by atoms with Crippen molar-refractivity contribution in [2.75, 3.05) is 0 Å². The van der Waals surface area contributed by atoms with Gasteiger partial charge in [-0.1, -0.05) is 24.3 Å². The molecule has 98 valence electrons. The zero-order valence-electron chi connectivity index (χ0n) is 9.91. The van der Waals surface area contributed by atoms with Crippen molar-refractivity contribution in [1.82, 2.24) is 0 Å². The fourth-order valence-corrected chi connectivity index (χ4v) is 2.25. The van der Waals surface area contributed by atoms with Crippen LogP contribution in [0.25, 0.3) is 0 Å². The molecule has 0 amide bonds. The first-order valence-electron chi connectivity index (χ1n) is 5.67. The van der Waals surface area contributed by atoms with Gasteiger partial charge in [-0.3, -0.25) is 19.7 Å². The van der Waals surface area contributed by atoms with Crippen LogP contribution in [0.2, 0.25) is 0 Å². The van der Waals surface area contributed by atoms with Gasteiger partial charge in [0.1, 0.15) is 5.41 Å². The predicted octanol–water partition coefficient (Wildman–Crippen LogP) is 1.84. The Bertz CT molecular complexity index is 592. The zero-order valence-corrected chi connectivity index (χ0v) is 9.91. The number of hydrogen-bond acceptors (Lipinski definition) is 4. The third kappa shape index (κ3) is 2.12. The summed E-state index contributed by atoms with van der Waals surface area (Å²) in [6, 6.07) is 5.73. The quantitative estimate of drug-likeness (QED) is 0.661. The van der Waals surface area contributed by atoms with Crippen molar-refractivity contribution in [2.24, 2.45) is 0 Å². The number of para-hydroxylation sites is 1. The van der Waals surface area contributed by atoms with Gasteiger partial charge < -0.3 is 5.11 Å². The van der Waals surface area contributed by atoms with Crippen molar-refractivity contribution in [3.05, 3.63) is 52.1 Å². The van der Waals surface area contributed by atoms with Crippen molar-refractivity contribution in [3.63, 3.8) is 0 Å². The molecule has 1 N–H and O–H groups in total. The maximum Gasteiger partial charge on any atom is 0.318 e. The third-order valence-electron chi connectivity index (χ3n) is 3.28. The molecule has 6 nitrogen and oxygen atoms in total. The van der Waals surface area contributed by atoms with E-state index >= 15 is 0 Å². The summed E-state index contributed by atoms with van der Waals surface area (Å²) < 4.78 is 0. The lowest BCUT2D eigenvalue weighted by Crippen LogP contribution is -2.37. The minimum atomic E-state index is -1.50. The van der Waals surface area contributed by atoms with Gasteiger partial charge in [0.25, 0.3) is 5.69 Å². The summed E-state index contributed by atoms with van der Waals surface area (Å²) in [6.07, 6.45) is 2.54. The first kappa shape index (κ1) is 12.9. The molecule has 1 unspecified atom stereocenters. The number of nitro benzene ring substituents is 1. The van der Waals surface area contributed by atoms with E-state index in [1.807, 2.05) is 0 Å². The highest BCUT2D eigenvalue weighted by atomic mass is 16.6. The number of nitro groups is 1. The molecule has 0 saturated heterocycles. The summed E-state index contributed by atoms with van der Waals surface area (Å²) in [7, 11) is 0. The Morgan fingerprint density at radius 1 is 1.37 bits per heavy atom. The first-order chi connectivity index (χ1) is 8.97. The van der Waals surface area contributed by atoms with Crippen LogP contribution in [0.1, 0.15) is 18.4 Å². The summed E-state index contributed by atoms with van der Waals surface area (Å²) in [6.45, 7) is 0. The standard InChI is InChI=1S/C13H11NO5/c15-9-5-7-13(8-6-9,12(16)17)10-3-1-2-4-11(10)14(18)19/h1-5,7H,6,8H2,(H,16,17). The normalized spacial score (nSPS) is 22.2. The molecular weight excluding hydrogens is 250 g/mol. The van der Waals surface area contributed by atoms with E-state index < -0.39 is 16.3 Å². The molecule has 1 aliphatic carbocycles. The van der Waals surface area contributed by atoms with Crippen molar-refractivity contribution in [2.45, 2.75) is 18.3 Å². The van der Waals surface area contributed by atoms with E-state index in [1.54, 1.807) is 6.07 Å². The van der Waals surface area contributed by atoms with Crippen LogP contribution in [0.4, 0.5) is 5.69 Å². The second kappa shape index (κ2) is 4.64. The molecule has 1 aromatic carbocycles. The van der Waals surface area contributed by atoms with Gasteiger partial charge in [0, 0.05) is 12.5 Å². The number of carboxylic acid groups (broad SMARTS) is 1. The largest absolute Gasteiger partial charge is 0.480 e. The second-order valence-corrected chi connectivity index (χ2v) is 4.35. The van der Waals surface area contributed by atoms with Crippen LogP contribution in [0.15, 0.2) is 36.4 Å². The summed E-state index contributed by atoms with van der Waals surface area (Å²) >= 11 is 0. The van der Waals surface area contributed by atoms with Crippen LogP contribution in [-0.4, -0.2) is 21.8 Å². The highest BCUT2D eigenvalue weighted by Gasteiger charge is 2.44. The number of carbonyl (C=O) groups is 2. The molecule has 19 heavy (non-hydrogen) atoms. The zero-order chi connectivity index (χ0) is 14.0. The molecule has 0 spiro atoms.